The number of likely N-dealkylation sites (tertiary alicyclic amines) is 1. The van der Waals surface area contributed by atoms with E-state index in [2.05, 4.69) is 4.90 Å². The number of carbonyl (C=O) groups is 1. The van der Waals surface area contributed by atoms with Gasteiger partial charge in [0.1, 0.15) is 0 Å². The fraction of sp³-hybridized carbons (Fsp3) is 0.917. The summed E-state index contributed by atoms with van der Waals surface area (Å²) in [5, 5.41) is 8.70. The molecule has 0 amide bonds. The molecule has 1 N–H and O–H groups in total. The number of aliphatic carboxylic acids is 1. The zero-order valence-corrected chi connectivity index (χ0v) is 11.4. The smallest absolute Gasteiger partial charge is 0.303 e. The first-order valence-corrected chi connectivity index (χ1v) is 8.45. The van der Waals surface area contributed by atoms with E-state index in [1.807, 2.05) is 0 Å². The largest absolute Gasteiger partial charge is 0.481 e. The van der Waals surface area contributed by atoms with Crippen molar-refractivity contribution in [2.24, 2.45) is 5.92 Å². The van der Waals surface area contributed by atoms with E-state index in [4.69, 9.17) is 5.11 Å². The van der Waals surface area contributed by atoms with Crippen LogP contribution in [0.25, 0.3) is 0 Å². The predicted molar refractivity (Wildman–Crippen MR) is 68.2 cm³/mol. The summed E-state index contributed by atoms with van der Waals surface area (Å²) >= 11 is 0. The Balaban J connectivity index is 1.85. The van der Waals surface area contributed by atoms with E-state index in [0.717, 1.165) is 32.4 Å². The van der Waals surface area contributed by atoms with Gasteiger partial charge in [-0.25, -0.2) is 8.42 Å². The first-order valence-electron chi connectivity index (χ1n) is 6.62. The average molecular weight is 275 g/mol. The summed E-state index contributed by atoms with van der Waals surface area (Å²) in [5.74, 6) is 0.279. The van der Waals surface area contributed by atoms with Crippen molar-refractivity contribution in [1.82, 2.24) is 4.90 Å². The average Bonchev–Trinajstić information content (AvgIpc) is 2.67. The van der Waals surface area contributed by atoms with Gasteiger partial charge in [0.2, 0.25) is 0 Å². The monoisotopic (exact) mass is 275 g/mol. The highest BCUT2D eigenvalue weighted by molar-refractivity contribution is 7.91. The van der Waals surface area contributed by atoms with Crippen molar-refractivity contribution in [2.45, 2.75) is 38.1 Å². The normalized spacial score (nSPS) is 32.4. The van der Waals surface area contributed by atoms with Gasteiger partial charge in [-0.2, -0.15) is 0 Å². The minimum atomic E-state index is -2.82. The Bertz CT molecular complexity index is 406. The lowest BCUT2D eigenvalue weighted by Crippen LogP contribution is -2.43. The van der Waals surface area contributed by atoms with Crippen molar-refractivity contribution in [3.63, 3.8) is 0 Å². The number of sulfone groups is 1. The molecule has 0 saturated carbocycles. The van der Waals surface area contributed by atoms with Crippen LogP contribution in [0.15, 0.2) is 0 Å². The molecule has 104 valence electrons. The Labute approximate surface area is 108 Å². The second kappa shape index (κ2) is 5.57. The van der Waals surface area contributed by atoms with Crippen LogP contribution in [-0.4, -0.2) is 55.0 Å². The third kappa shape index (κ3) is 3.68. The number of carboxylic acids is 1. The highest BCUT2D eigenvalue weighted by Gasteiger charge is 2.34. The van der Waals surface area contributed by atoms with Gasteiger partial charge >= 0.3 is 5.97 Å². The summed E-state index contributed by atoms with van der Waals surface area (Å²) in [7, 11) is -2.82. The van der Waals surface area contributed by atoms with Gasteiger partial charge in [-0.3, -0.25) is 9.69 Å². The maximum Gasteiger partial charge on any atom is 0.303 e. The van der Waals surface area contributed by atoms with E-state index in [0.29, 0.717) is 23.8 Å². The lowest BCUT2D eigenvalue weighted by Gasteiger charge is -2.36. The van der Waals surface area contributed by atoms with Crippen LogP contribution in [0.2, 0.25) is 0 Å². The second-order valence-corrected chi connectivity index (χ2v) is 7.72. The van der Waals surface area contributed by atoms with Gasteiger partial charge in [0.25, 0.3) is 0 Å². The molecule has 0 aliphatic carbocycles. The highest BCUT2D eigenvalue weighted by Crippen LogP contribution is 2.26. The molecule has 2 atom stereocenters. The van der Waals surface area contributed by atoms with Gasteiger partial charge in [0, 0.05) is 19.0 Å². The van der Waals surface area contributed by atoms with E-state index in [9.17, 15) is 13.2 Å². The fourth-order valence-corrected chi connectivity index (χ4v) is 4.82. The van der Waals surface area contributed by atoms with Gasteiger partial charge in [0.15, 0.2) is 9.84 Å². The summed E-state index contributed by atoms with van der Waals surface area (Å²) in [5.41, 5.74) is 0. The van der Waals surface area contributed by atoms with E-state index in [1.165, 1.54) is 0 Å². The van der Waals surface area contributed by atoms with Crippen LogP contribution in [0.4, 0.5) is 0 Å². The topological polar surface area (TPSA) is 74.7 Å². The van der Waals surface area contributed by atoms with Crippen molar-refractivity contribution in [3.8, 4) is 0 Å². The lowest BCUT2D eigenvalue weighted by atomic mass is 9.92. The number of hydrogen-bond donors (Lipinski definition) is 1. The molecule has 0 bridgehead atoms. The van der Waals surface area contributed by atoms with Gasteiger partial charge < -0.3 is 5.11 Å². The Morgan fingerprint density at radius 2 is 2.11 bits per heavy atom. The van der Waals surface area contributed by atoms with Crippen LogP contribution >= 0.6 is 0 Å². The maximum absolute atomic E-state index is 11.5. The van der Waals surface area contributed by atoms with E-state index in [-0.39, 0.29) is 12.5 Å². The molecule has 2 heterocycles. The van der Waals surface area contributed by atoms with Crippen LogP contribution in [0.5, 0.6) is 0 Å². The summed E-state index contributed by atoms with van der Waals surface area (Å²) in [6.45, 7) is 1.83. The molecule has 0 aromatic rings. The molecule has 6 heteroatoms. The Morgan fingerprint density at radius 3 is 2.72 bits per heavy atom. The minimum Gasteiger partial charge on any atom is -0.481 e. The molecule has 0 spiro atoms. The number of nitrogens with zero attached hydrogens (tertiary/aromatic N) is 1. The van der Waals surface area contributed by atoms with Crippen molar-refractivity contribution >= 4 is 15.8 Å². The first-order chi connectivity index (χ1) is 8.46. The molecule has 18 heavy (non-hydrogen) atoms. The molecule has 2 rings (SSSR count). The Morgan fingerprint density at radius 1 is 1.33 bits per heavy atom. The molecule has 2 saturated heterocycles. The van der Waals surface area contributed by atoms with Crippen molar-refractivity contribution in [2.75, 3.05) is 24.6 Å². The summed E-state index contributed by atoms with van der Waals surface area (Å²) < 4.78 is 23.0. The minimum absolute atomic E-state index is 0.169. The molecule has 2 fully saturated rings. The zero-order valence-electron chi connectivity index (χ0n) is 10.5. The van der Waals surface area contributed by atoms with Crippen LogP contribution in [0.1, 0.15) is 32.1 Å². The van der Waals surface area contributed by atoms with Crippen molar-refractivity contribution in [1.29, 1.82) is 0 Å². The van der Waals surface area contributed by atoms with E-state index < -0.39 is 15.8 Å². The lowest BCUT2D eigenvalue weighted by molar-refractivity contribution is -0.137. The fourth-order valence-electron chi connectivity index (χ4n) is 3.06. The third-order valence-electron chi connectivity index (χ3n) is 4.04. The van der Waals surface area contributed by atoms with Crippen LogP contribution in [0, 0.1) is 5.92 Å². The van der Waals surface area contributed by atoms with Crippen molar-refractivity contribution < 1.29 is 18.3 Å². The van der Waals surface area contributed by atoms with E-state index in [1.54, 1.807) is 0 Å². The summed E-state index contributed by atoms with van der Waals surface area (Å²) in [6, 6.07) is 0.169. The maximum atomic E-state index is 11.5. The van der Waals surface area contributed by atoms with Crippen molar-refractivity contribution in [3.05, 3.63) is 0 Å². The highest BCUT2D eigenvalue weighted by atomic mass is 32.2. The third-order valence-corrected chi connectivity index (χ3v) is 5.79. The quantitative estimate of drug-likeness (QED) is 0.819. The molecular formula is C12H21NO4S. The summed E-state index contributed by atoms with van der Waals surface area (Å²) in [6.07, 6.45) is 3.81. The molecule has 2 aliphatic heterocycles. The first kappa shape index (κ1) is 13.8. The molecule has 2 unspecified atom stereocenters. The molecule has 0 aromatic heterocycles. The number of carboxylic acid groups (broad SMARTS) is 1. The Kier molecular flexibility index (Phi) is 4.27. The Hall–Kier alpha value is -0.620. The number of rotatable bonds is 4. The predicted octanol–water partition coefficient (Wildman–Crippen LogP) is 0.750. The zero-order chi connectivity index (χ0) is 13.2. The summed E-state index contributed by atoms with van der Waals surface area (Å²) in [4.78, 5) is 12.8. The van der Waals surface area contributed by atoms with Gasteiger partial charge in [0.05, 0.1) is 11.5 Å². The molecular weight excluding hydrogens is 254 g/mol. The molecule has 0 aromatic carbocycles. The molecule has 2 aliphatic rings. The SMILES string of the molecule is O=C(O)CCC1CCCN(C2CCS(=O)(=O)C2)C1. The van der Waals surface area contributed by atoms with Gasteiger partial charge in [-0.1, -0.05) is 0 Å². The standard InChI is InChI=1S/C12H21NO4S/c14-12(15)4-3-10-2-1-6-13(8-10)11-5-7-18(16,17)9-11/h10-11H,1-9H2,(H,14,15). The van der Waals surface area contributed by atoms with Crippen LogP contribution in [-0.2, 0) is 14.6 Å². The number of hydrogen-bond acceptors (Lipinski definition) is 4. The second-order valence-electron chi connectivity index (χ2n) is 5.49. The van der Waals surface area contributed by atoms with E-state index >= 15 is 0 Å². The van der Waals surface area contributed by atoms with Gasteiger partial charge in [-0.05, 0) is 38.1 Å². The molecule has 5 nitrogen and oxygen atoms in total. The van der Waals surface area contributed by atoms with Crippen LogP contribution < -0.4 is 0 Å². The molecule has 0 radical (unpaired) electrons. The number of piperidine rings is 1. The van der Waals surface area contributed by atoms with Gasteiger partial charge in [-0.15, -0.1) is 0 Å². The van der Waals surface area contributed by atoms with Crippen LogP contribution in [0.3, 0.4) is 0 Å².